The predicted molar refractivity (Wildman–Crippen MR) is 75.7 cm³/mol. The van der Waals surface area contributed by atoms with Gasteiger partial charge in [0.1, 0.15) is 5.82 Å². The number of hydrogen-bond acceptors (Lipinski definition) is 3. The Morgan fingerprint density at radius 2 is 2.32 bits per heavy atom. The second kappa shape index (κ2) is 8.72. The Labute approximate surface area is 116 Å². The Balaban J connectivity index is 2.63. The summed E-state index contributed by atoms with van der Waals surface area (Å²) in [5.74, 6) is 0.275. The molecule has 5 heteroatoms. The van der Waals surface area contributed by atoms with E-state index in [1.807, 2.05) is 0 Å². The van der Waals surface area contributed by atoms with Gasteiger partial charge in [-0.1, -0.05) is 6.07 Å². The van der Waals surface area contributed by atoms with E-state index in [9.17, 15) is 9.18 Å². The van der Waals surface area contributed by atoms with Crippen molar-refractivity contribution in [3.8, 4) is 0 Å². The highest BCUT2D eigenvalue weighted by Crippen LogP contribution is 2.19. The molecule has 1 aromatic carbocycles. The number of rotatable bonds is 8. The van der Waals surface area contributed by atoms with Gasteiger partial charge in [-0.15, -0.1) is 0 Å². The highest BCUT2D eigenvalue weighted by Gasteiger charge is 2.03. The largest absolute Gasteiger partial charge is 0.478 e. The number of carboxylic acids is 1. The first-order chi connectivity index (χ1) is 9.13. The van der Waals surface area contributed by atoms with Crippen LogP contribution >= 0.6 is 11.8 Å². The summed E-state index contributed by atoms with van der Waals surface area (Å²) < 4.78 is 18.1. The van der Waals surface area contributed by atoms with Gasteiger partial charge in [-0.3, -0.25) is 0 Å². The Morgan fingerprint density at radius 3 is 3.00 bits per heavy atom. The van der Waals surface area contributed by atoms with E-state index in [0.29, 0.717) is 5.56 Å². The maximum atomic E-state index is 13.2. The molecular formula is C14H17FO3S. The van der Waals surface area contributed by atoms with Gasteiger partial charge in [0, 0.05) is 25.5 Å². The molecule has 104 valence electrons. The number of ether oxygens (including phenoxy) is 1. The first-order valence-corrected chi connectivity index (χ1v) is 7.05. The lowest BCUT2D eigenvalue weighted by Crippen LogP contribution is -1.94. The molecule has 0 aliphatic heterocycles. The molecule has 1 aromatic rings. The molecule has 0 aliphatic carbocycles. The zero-order valence-electron chi connectivity index (χ0n) is 10.8. The third-order valence-corrected chi connectivity index (χ3v) is 3.50. The number of halogens is 1. The van der Waals surface area contributed by atoms with Crippen LogP contribution < -0.4 is 0 Å². The number of carboxylic acid groups (broad SMARTS) is 1. The Bertz CT molecular complexity index is 446. The average molecular weight is 284 g/mol. The molecule has 0 spiro atoms. The standard InChI is InChI=1S/C14H17FO3S/c1-18-7-2-8-19-10-12-3-5-13(15)9-11(12)4-6-14(16)17/h3-6,9H,2,7-8,10H2,1H3,(H,16,17)/b6-4+. The highest BCUT2D eigenvalue weighted by atomic mass is 32.2. The van der Waals surface area contributed by atoms with Gasteiger partial charge in [0.25, 0.3) is 0 Å². The lowest BCUT2D eigenvalue weighted by Gasteiger charge is -2.06. The lowest BCUT2D eigenvalue weighted by molar-refractivity contribution is -0.131. The van der Waals surface area contributed by atoms with Crippen molar-refractivity contribution in [1.29, 1.82) is 0 Å². The van der Waals surface area contributed by atoms with Crippen LogP contribution in [0.1, 0.15) is 17.5 Å². The number of methoxy groups -OCH3 is 1. The third kappa shape index (κ3) is 6.40. The third-order valence-electron chi connectivity index (χ3n) is 2.41. The van der Waals surface area contributed by atoms with Crippen LogP contribution in [-0.4, -0.2) is 30.5 Å². The highest BCUT2D eigenvalue weighted by molar-refractivity contribution is 7.98. The van der Waals surface area contributed by atoms with Gasteiger partial charge in [-0.2, -0.15) is 11.8 Å². The van der Waals surface area contributed by atoms with Crippen LogP contribution in [0.4, 0.5) is 4.39 Å². The smallest absolute Gasteiger partial charge is 0.328 e. The van der Waals surface area contributed by atoms with Crippen molar-refractivity contribution in [3.63, 3.8) is 0 Å². The molecule has 0 radical (unpaired) electrons. The van der Waals surface area contributed by atoms with Crippen LogP contribution in [0, 0.1) is 5.82 Å². The fourth-order valence-corrected chi connectivity index (χ4v) is 2.45. The van der Waals surface area contributed by atoms with Crippen LogP contribution in [0.3, 0.4) is 0 Å². The molecular weight excluding hydrogens is 267 g/mol. The van der Waals surface area contributed by atoms with Gasteiger partial charge >= 0.3 is 5.97 Å². The Hall–Kier alpha value is -1.33. The first kappa shape index (κ1) is 15.7. The molecule has 0 amide bonds. The fourth-order valence-electron chi connectivity index (χ4n) is 1.50. The van der Waals surface area contributed by atoms with Crippen molar-refractivity contribution in [2.75, 3.05) is 19.5 Å². The average Bonchev–Trinajstić information content (AvgIpc) is 2.38. The SMILES string of the molecule is COCCCSCc1ccc(F)cc1/C=C/C(=O)O. The number of hydrogen-bond donors (Lipinski definition) is 1. The maximum Gasteiger partial charge on any atom is 0.328 e. The molecule has 19 heavy (non-hydrogen) atoms. The summed E-state index contributed by atoms with van der Waals surface area (Å²) in [7, 11) is 1.67. The summed E-state index contributed by atoms with van der Waals surface area (Å²) in [5, 5.41) is 8.61. The summed E-state index contributed by atoms with van der Waals surface area (Å²) in [6, 6.07) is 4.44. The molecule has 0 saturated heterocycles. The molecule has 0 saturated carbocycles. The van der Waals surface area contributed by atoms with Crippen LogP contribution in [0.15, 0.2) is 24.3 Å². The van der Waals surface area contributed by atoms with E-state index in [2.05, 4.69) is 0 Å². The molecule has 0 atom stereocenters. The molecule has 0 aromatic heterocycles. The van der Waals surface area contributed by atoms with Crippen LogP contribution in [0.2, 0.25) is 0 Å². The summed E-state index contributed by atoms with van der Waals surface area (Å²) in [6.07, 6.45) is 3.41. The molecule has 3 nitrogen and oxygen atoms in total. The van der Waals surface area contributed by atoms with Gasteiger partial charge in [0.15, 0.2) is 0 Å². The van der Waals surface area contributed by atoms with E-state index >= 15 is 0 Å². The van der Waals surface area contributed by atoms with Crippen molar-refractivity contribution in [2.24, 2.45) is 0 Å². The van der Waals surface area contributed by atoms with Gasteiger partial charge in [-0.25, -0.2) is 9.18 Å². The Morgan fingerprint density at radius 1 is 1.53 bits per heavy atom. The number of benzene rings is 1. The topological polar surface area (TPSA) is 46.5 Å². The molecule has 0 fully saturated rings. The molecule has 1 N–H and O–H groups in total. The minimum atomic E-state index is -1.04. The minimum absolute atomic E-state index is 0.363. The summed E-state index contributed by atoms with van der Waals surface area (Å²) in [6.45, 7) is 0.724. The van der Waals surface area contributed by atoms with Crippen LogP contribution in [0.5, 0.6) is 0 Å². The summed E-state index contributed by atoms with van der Waals surface area (Å²) in [5.41, 5.74) is 1.54. The minimum Gasteiger partial charge on any atom is -0.478 e. The molecule has 0 unspecified atom stereocenters. The molecule has 0 bridgehead atoms. The van der Waals surface area contributed by atoms with Gasteiger partial charge in [-0.05, 0) is 41.5 Å². The summed E-state index contributed by atoms with van der Waals surface area (Å²) >= 11 is 1.72. The second-order valence-electron chi connectivity index (χ2n) is 3.91. The van der Waals surface area contributed by atoms with E-state index in [0.717, 1.165) is 36.2 Å². The zero-order valence-corrected chi connectivity index (χ0v) is 11.6. The maximum absolute atomic E-state index is 13.2. The molecule has 1 rings (SSSR count). The number of aliphatic carboxylic acids is 1. The van der Waals surface area contributed by atoms with Gasteiger partial charge in [0.05, 0.1) is 0 Å². The van der Waals surface area contributed by atoms with Crippen molar-refractivity contribution >= 4 is 23.8 Å². The quantitative estimate of drug-likeness (QED) is 0.588. The van der Waals surface area contributed by atoms with Crippen molar-refractivity contribution in [2.45, 2.75) is 12.2 Å². The molecule has 0 heterocycles. The normalized spacial score (nSPS) is 11.1. The fraction of sp³-hybridized carbons (Fsp3) is 0.357. The first-order valence-electron chi connectivity index (χ1n) is 5.89. The van der Waals surface area contributed by atoms with Crippen molar-refractivity contribution in [1.82, 2.24) is 0 Å². The van der Waals surface area contributed by atoms with Crippen molar-refractivity contribution in [3.05, 3.63) is 41.2 Å². The summed E-state index contributed by atoms with van der Waals surface area (Å²) in [4.78, 5) is 10.5. The lowest BCUT2D eigenvalue weighted by atomic mass is 10.1. The zero-order chi connectivity index (χ0) is 14.1. The number of thioether (sulfide) groups is 1. The van der Waals surface area contributed by atoms with E-state index in [1.165, 1.54) is 18.2 Å². The van der Waals surface area contributed by atoms with E-state index in [-0.39, 0.29) is 5.82 Å². The van der Waals surface area contributed by atoms with Crippen molar-refractivity contribution < 1.29 is 19.0 Å². The Kier molecular flexibility index (Phi) is 7.22. The van der Waals surface area contributed by atoms with E-state index < -0.39 is 5.97 Å². The van der Waals surface area contributed by atoms with Gasteiger partial charge < -0.3 is 9.84 Å². The van der Waals surface area contributed by atoms with Gasteiger partial charge in [0.2, 0.25) is 0 Å². The van der Waals surface area contributed by atoms with E-state index in [1.54, 1.807) is 24.9 Å². The van der Waals surface area contributed by atoms with Crippen LogP contribution in [0.25, 0.3) is 6.08 Å². The van der Waals surface area contributed by atoms with E-state index in [4.69, 9.17) is 9.84 Å². The monoisotopic (exact) mass is 284 g/mol. The second-order valence-corrected chi connectivity index (χ2v) is 5.02. The van der Waals surface area contributed by atoms with Crippen LogP contribution in [-0.2, 0) is 15.3 Å². The predicted octanol–water partition coefficient (Wildman–Crippen LogP) is 3.19. The molecule has 0 aliphatic rings. The number of carbonyl (C=O) groups is 1.